The van der Waals surface area contributed by atoms with E-state index in [1.807, 2.05) is 0 Å². The number of amides is 1. The van der Waals surface area contributed by atoms with Crippen LogP contribution in [0.25, 0.3) is 0 Å². The number of likely N-dealkylation sites (tertiary alicyclic amines) is 2. The largest absolute Gasteiger partial charge is 0.340 e. The molecule has 3 heterocycles. The van der Waals surface area contributed by atoms with Gasteiger partial charge < -0.3 is 9.42 Å². The van der Waals surface area contributed by atoms with E-state index in [-0.39, 0.29) is 5.91 Å². The second-order valence-corrected chi connectivity index (χ2v) is 7.95. The monoisotopic (exact) mass is 362 g/mol. The summed E-state index contributed by atoms with van der Waals surface area (Å²) in [7, 11) is 0. The lowest BCUT2D eigenvalue weighted by Gasteiger charge is -2.40. The molecular weight excluding hydrogens is 328 g/mol. The molecule has 6 nitrogen and oxygen atoms in total. The fraction of sp³-hybridized carbons (Fsp3) is 0.850. The minimum atomic E-state index is 0.254. The predicted molar refractivity (Wildman–Crippen MR) is 101 cm³/mol. The summed E-state index contributed by atoms with van der Waals surface area (Å²) < 4.78 is 5.42. The number of rotatable bonds is 6. The van der Waals surface area contributed by atoms with Gasteiger partial charge in [0.05, 0.1) is 6.54 Å². The van der Waals surface area contributed by atoms with E-state index in [1.54, 1.807) is 6.92 Å². The Balaban J connectivity index is 1.50. The number of piperidine rings is 1. The van der Waals surface area contributed by atoms with Crippen molar-refractivity contribution in [2.24, 2.45) is 5.92 Å². The van der Waals surface area contributed by atoms with Crippen molar-refractivity contribution in [2.75, 3.05) is 19.6 Å². The Morgan fingerprint density at radius 1 is 1.15 bits per heavy atom. The molecule has 2 saturated heterocycles. The van der Waals surface area contributed by atoms with Crippen molar-refractivity contribution >= 4 is 5.91 Å². The molecule has 1 aromatic heterocycles. The van der Waals surface area contributed by atoms with Gasteiger partial charge >= 0.3 is 0 Å². The Morgan fingerprint density at radius 3 is 2.69 bits per heavy atom. The molecule has 2 aliphatic heterocycles. The SMILES string of the molecule is CCCCc1noc(CN2CCC(C3CCCCCN3C(C)=O)CC2)n1. The number of unbranched alkanes of at least 4 members (excludes halogenated alkanes) is 1. The Labute approximate surface area is 157 Å². The number of nitrogens with zero attached hydrogens (tertiary/aromatic N) is 4. The minimum absolute atomic E-state index is 0.254. The van der Waals surface area contributed by atoms with Gasteiger partial charge in [-0.25, -0.2) is 0 Å². The average Bonchev–Trinajstić information content (AvgIpc) is 2.93. The number of hydrogen-bond acceptors (Lipinski definition) is 5. The van der Waals surface area contributed by atoms with Crippen molar-refractivity contribution in [3.8, 4) is 0 Å². The van der Waals surface area contributed by atoms with Crippen molar-refractivity contribution in [3.63, 3.8) is 0 Å². The van der Waals surface area contributed by atoms with Gasteiger partial charge in [0.15, 0.2) is 5.82 Å². The molecule has 2 fully saturated rings. The molecule has 1 atom stereocenters. The van der Waals surface area contributed by atoms with Gasteiger partial charge in [-0.2, -0.15) is 4.98 Å². The van der Waals surface area contributed by atoms with E-state index in [1.165, 1.54) is 19.3 Å². The molecule has 26 heavy (non-hydrogen) atoms. The van der Waals surface area contributed by atoms with Gasteiger partial charge in [0.2, 0.25) is 11.8 Å². The molecule has 146 valence electrons. The van der Waals surface area contributed by atoms with E-state index in [0.717, 1.165) is 76.4 Å². The maximum Gasteiger partial charge on any atom is 0.240 e. The fourth-order valence-electron chi connectivity index (χ4n) is 4.49. The van der Waals surface area contributed by atoms with Crippen LogP contribution in [-0.4, -0.2) is 51.5 Å². The minimum Gasteiger partial charge on any atom is -0.340 e. The normalized spacial score (nSPS) is 23.2. The summed E-state index contributed by atoms with van der Waals surface area (Å²) in [5.74, 6) is 2.47. The van der Waals surface area contributed by atoms with Crippen LogP contribution in [0.4, 0.5) is 0 Å². The quantitative estimate of drug-likeness (QED) is 0.776. The van der Waals surface area contributed by atoms with Crippen LogP contribution in [0.5, 0.6) is 0 Å². The van der Waals surface area contributed by atoms with E-state index in [9.17, 15) is 4.79 Å². The van der Waals surface area contributed by atoms with E-state index in [2.05, 4.69) is 26.9 Å². The molecule has 1 unspecified atom stereocenters. The van der Waals surface area contributed by atoms with Gasteiger partial charge in [0, 0.05) is 25.9 Å². The van der Waals surface area contributed by atoms with Crippen LogP contribution in [0.1, 0.15) is 76.9 Å². The third kappa shape index (κ3) is 5.06. The standard InChI is InChI=1S/C20H34N4O2/c1-3-4-9-19-21-20(26-22-19)15-23-13-10-17(11-14-23)18-8-6-5-7-12-24(18)16(2)25/h17-18H,3-15H2,1-2H3. The molecule has 0 saturated carbocycles. The summed E-state index contributed by atoms with van der Waals surface area (Å²) in [4.78, 5) is 21.2. The predicted octanol–water partition coefficient (Wildman–Crippen LogP) is 3.42. The number of hydrogen-bond donors (Lipinski definition) is 0. The van der Waals surface area contributed by atoms with Crippen LogP contribution in [0.2, 0.25) is 0 Å². The van der Waals surface area contributed by atoms with Gasteiger partial charge in [-0.05, 0) is 51.1 Å². The van der Waals surface area contributed by atoms with Crippen molar-refractivity contribution in [1.82, 2.24) is 19.9 Å². The maximum atomic E-state index is 12.1. The Bertz CT molecular complexity index is 566. The molecule has 6 heteroatoms. The summed E-state index contributed by atoms with van der Waals surface area (Å²) in [5, 5.41) is 4.09. The summed E-state index contributed by atoms with van der Waals surface area (Å²) in [5.41, 5.74) is 0. The van der Waals surface area contributed by atoms with Crippen LogP contribution >= 0.6 is 0 Å². The third-order valence-corrected chi connectivity index (χ3v) is 6.00. The molecule has 0 bridgehead atoms. The highest BCUT2D eigenvalue weighted by Crippen LogP contribution is 2.30. The van der Waals surface area contributed by atoms with E-state index in [0.29, 0.717) is 12.0 Å². The lowest BCUT2D eigenvalue weighted by atomic mass is 9.86. The fourth-order valence-corrected chi connectivity index (χ4v) is 4.49. The molecule has 0 radical (unpaired) electrons. The lowest BCUT2D eigenvalue weighted by Crippen LogP contribution is -2.47. The molecule has 0 aliphatic carbocycles. The first kappa shape index (κ1) is 19.3. The Hall–Kier alpha value is -1.43. The Morgan fingerprint density at radius 2 is 1.96 bits per heavy atom. The van der Waals surface area contributed by atoms with E-state index < -0.39 is 0 Å². The molecule has 2 aliphatic rings. The average molecular weight is 363 g/mol. The van der Waals surface area contributed by atoms with E-state index in [4.69, 9.17) is 4.52 Å². The smallest absolute Gasteiger partial charge is 0.240 e. The van der Waals surface area contributed by atoms with Gasteiger partial charge in [0.1, 0.15) is 0 Å². The van der Waals surface area contributed by atoms with Crippen molar-refractivity contribution in [1.29, 1.82) is 0 Å². The summed E-state index contributed by atoms with van der Waals surface area (Å²) >= 11 is 0. The van der Waals surface area contributed by atoms with Crippen LogP contribution in [0.15, 0.2) is 4.52 Å². The van der Waals surface area contributed by atoms with Crippen molar-refractivity contribution in [2.45, 2.75) is 84.2 Å². The van der Waals surface area contributed by atoms with Crippen LogP contribution < -0.4 is 0 Å². The zero-order chi connectivity index (χ0) is 18.4. The first-order valence-electron chi connectivity index (χ1n) is 10.5. The van der Waals surface area contributed by atoms with Gasteiger partial charge in [-0.3, -0.25) is 9.69 Å². The van der Waals surface area contributed by atoms with E-state index >= 15 is 0 Å². The topological polar surface area (TPSA) is 62.5 Å². The third-order valence-electron chi connectivity index (χ3n) is 6.00. The summed E-state index contributed by atoms with van der Waals surface area (Å²) in [6.07, 6.45) is 10.3. The zero-order valence-corrected chi connectivity index (χ0v) is 16.5. The van der Waals surface area contributed by atoms with Crippen molar-refractivity contribution in [3.05, 3.63) is 11.7 Å². The molecule has 1 aromatic rings. The van der Waals surface area contributed by atoms with Crippen LogP contribution in [0.3, 0.4) is 0 Å². The molecule has 0 aromatic carbocycles. The van der Waals surface area contributed by atoms with Crippen LogP contribution in [-0.2, 0) is 17.8 Å². The summed E-state index contributed by atoms with van der Waals surface area (Å²) in [6, 6.07) is 0.446. The molecule has 1 amide bonds. The van der Waals surface area contributed by atoms with Gasteiger partial charge in [-0.1, -0.05) is 31.3 Å². The first-order valence-corrected chi connectivity index (χ1v) is 10.5. The maximum absolute atomic E-state index is 12.1. The molecular formula is C20H34N4O2. The second kappa shape index (κ2) is 9.49. The molecule has 0 spiro atoms. The highest BCUT2D eigenvalue weighted by molar-refractivity contribution is 5.73. The number of aryl methyl sites for hydroxylation is 1. The van der Waals surface area contributed by atoms with Gasteiger partial charge in [0.25, 0.3) is 0 Å². The first-order chi connectivity index (χ1) is 12.7. The number of carbonyl (C=O) groups is 1. The molecule has 0 N–H and O–H groups in total. The molecule has 3 rings (SSSR count). The number of carbonyl (C=O) groups excluding carboxylic acids is 1. The number of aromatic nitrogens is 2. The lowest BCUT2D eigenvalue weighted by molar-refractivity contribution is -0.132. The zero-order valence-electron chi connectivity index (χ0n) is 16.5. The van der Waals surface area contributed by atoms with Crippen LogP contribution in [0, 0.1) is 5.92 Å². The van der Waals surface area contributed by atoms with Crippen molar-refractivity contribution < 1.29 is 9.32 Å². The Kier molecular flexibility index (Phi) is 7.06. The summed E-state index contributed by atoms with van der Waals surface area (Å²) in [6.45, 7) is 7.72. The highest BCUT2D eigenvalue weighted by atomic mass is 16.5. The highest BCUT2D eigenvalue weighted by Gasteiger charge is 2.33. The van der Waals surface area contributed by atoms with Gasteiger partial charge in [-0.15, -0.1) is 0 Å². The second-order valence-electron chi connectivity index (χ2n) is 7.95.